The minimum Gasteiger partial charge on any atom is -0.483 e. The quantitative estimate of drug-likeness (QED) is 0.816. The molecule has 4 heteroatoms. The van der Waals surface area contributed by atoms with Crippen LogP contribution in [-0.4, -0.2) is 18.0 Å². The molecule has 100 valence electrons. The van der Waals surface area contributed by atoms with Gasteiger partial charge in [-0.15, -0.1) is 11.3 Å². The molecule has 1 atom stereocenters. The number of ether oxygens (including phenoxy) is 1. The zero-order valence-corrected chi connectivity index (χ0v) is 12.4. The fourth-order valence-electron chi connectivity index (χ4n) is 2.37. The Morgan fingerprint density at radius 1 is 1.32 bits per heavy atom. The van der Waals surface area contributed by atoms with Crippen LogP contribution in [-0.2, 0) is 6.54 Å². The largest absolute Gasteiger partial charge is 0.483 e. The maximum absolute atomic E-state index is 6.20. The molecule has 0 saturated carbocycles. The minimum absolute atomic E-state index is 0.0705. The summed E-state index contributed by atoms with van der Waals surface area (Å²) in [6.07, 6.45) is 0.0705. The van der Waals surface area contributed by atoms with Crippen molar-refractivity contribution in [1.29, 1.82) is 0 Å². The molecule has 0 amide bonds. The average molecular weight is 294 g/mol. The number of thiophene rings is 1. The van der Waals surface area contributed by atoms with E-state index in [1.54, 1.807) is 11.3 Å². The molecule has 1 aliphatic rings. The summed E-state index contributed by atoms with van der Waals surface area (Å²) in [5, 5.41) is 0. The number of nitrogens with zero attached hydrogens (tertiary/aromatic N) is 1. The molecule has 19 heavy (non-hydrogen) atoms. The Balaban J connectivity index is 1.94. The van der Waals surface area contributed by atoms with Crippen LogP contribution in [0.4, 0.5) is 0 Å². The highest BCUT2D eigenvalue weighted by Gasteiger charge is 2.24. The van der Waals surface area contributed by atoms with Gasteiger partial charge in [0.15, 0.2) is 0 Å². The van der Waals surface area contributed by atoms with Gasteiger partial charge in [-0.3, -0.25) is 4.90 Å². The molecule has 0 spiro atoms. The molecule has 0 saturated heterocycles. The van der Waals surface area contributed by atoms with Gasteiger partial charge in [0.25, 0.3) is 0 Å². The van der Waals surface area contributed by atoms with Crippen molar-refractivity contribution in [2.24, 2.45) is 0 Å². The molecule has 0 fully saturated rings. The number of para-hydroxylation sites is 1. The lowest BCUT2D eigenvalue weighted by atomic mass is 10.2. The van der Waals surface area contributed by atoms with Crippen LogP contribution in [0.15, 0.2) is 36.4 Å². The first-order chi connectivity index (χ1) is 9.26. The Morgan fingerprint density at radius 2 is 2.16 bits per heavy atom. The topological polar surface area (TPSA) is 12.5 Å². The summed E-state index contributed by atoms with van der Waals surface area (Å²) in [5.41, 5.74) is 1.26. The van der Waals surface area contributed by atoms with E-state index in [0.717, 1.165) is 29.7 Å². The van der Waals surface area contributed by atoms with E-state index >= 15 is 0 Å². The van der Waals surface area contributed by atoms with Crippen LogP contribution in [0, 0.1) is 0 Å². The van der Waals surface area contributed by atoms with Gasteiger partial charge in [0, 0.05) is 23.5 Å². The molecule has 1 unspecified atom stereocenters. The second-order valence-corrected chi connectivity index (χ2v) is 6.43. The number of hydrogen-bond donors (Lipinski definition) is 0. The Hall–Kier alpha value is -1.03. The first-order valence-electron chi connectivity index (χ1n) is 6.48. The number of halogens is 1. The Bertz CT molecular complexity index is 569. The minimum atomic E-state index is 0.0705. The normalized spacial score (nSPS) is 19.6. The first-order valence-corrected chi connectivity index (χ1v) is 7.68. The van der Waals surface area contributed by atoms with E-state index in [1.807, 2.05) is 12.1 Å². The monoisotopic (exact) mass is 293 g/mol. The predicted octanol–water partition coefficient (Wildman–Crippen LogP) is 4.36. The SMILES string of the molecule is CCN1Cc2ccccc2OC(c2ccc(Cl)s2)C1. The lowest BCUT2D eigenvalue weighted by Gasteiger charge is -2.21. The van der Waals surface area contributed by atoms with E-state index in [2.05, 4.69) is 36.1 Å². The van der Waals surface area contributed by atoms with Gasteiger partial charge in [0.1, 0.15) is 11.9 Å². The standard InChI is InChI=1S/C15H16ClNOS/c1-2-17-9-11-5-3-4-6-12(11)18-13(10-17)14-7-8-15(16)19-14/h3-8,13H,2,9-10H2,1H3. The maximum atomic E-state index is 6.20. The third-order valence-electron chi connectivity index (χ3n) is 3.42. The third kappa shape index (κ3) is 2.78. The van der Waals surface area contributed by atoms with E-state index in [9.17, 15) is 0 Å². The van der Waals surface area contributed by atoms with Crippen LogP contribution in [0.3, 0.4) is 0 Å². The van der Waals surface area contributed by atoms with E-state index in [1.165, 1.54) is 10.4 Å². The molecular formula is C15H16ClNOS. The highest BCUT2D eigenvalue weighted by molar-refractivity contribution is 7.16. The Labute approximate surface area is 122 Å². The molecule has 2 nitrogen and oxygen atoms in total. The van der Waals surface area contributed by atoms with Crippen LogP contribution in [0.2, 0.25) is 4.34 Å². The maximum Gasteiger partial charge on any atom is 0.145 e. The van der Waals surface area contributed by atoms with Crippen LogP contribution in [0.5, 0.6) is 5.75 Å². The zero-order chi connectivity index (χ0) is 13.2. The zero-order valence-electron chi connectivity index (χ0n) is 10.8. The summed E-state index contributed by atoms with van der Waals surface area (Å²) in [4.78, 5) is 3.60. The third-order valence-corrected chi connectivity index (χ3v) is 4.74. The van der Waals surface area contributed by atoms with E-state index in [0.29, 0.717) is 0 Å². The van der Waals surface area contributed by atoms with Gasteiger partial charge >= 0.3 is 0 Å². The van der Waals surface area contributed by atoms with Crippen molar-refractivity contribution in [3.8, 4) is 5.75 Å². The van der Waals surface area contributed by atoms with E-state index in [4.69, 9.17) is 16.3 Å². The van der Waals surface area contributed by atoms with Crippen LogP contribution in [0.25, 0.3) is 0 Å². The molecule has 0 aliphatic carbocycles. The first kappa shape index (κ1) is 13.0. The number of likely N-dealkylation sites (N-methyl/N-ethyl adjacent to an activating group) is 1. The molecule has 1 aromatic heterocycles. The summed E-state index contributed by atoms with van der Waals surface area (Å²) >= 11 is 7.64. The van der Waals surface area contributed by atoms with Gasteiger partial charge in [0.05, 0.1) is 4.34 Å². The molecular weight excluding hydrogens is 278 g/mol. The summed E-state index contributed by atoms with van der Waals surface area (Å²) in [5.74, 6) is 0.993. The van der Waals surface area contributed by atoms with Crippen molar-refractivity contribution in [2.45, 2.75) is 19.6 Å². The van der Waals surface area contributed by atoms with E-state index in [-0.39, 0.29) is 6.10 Å². The fraction of sp³-hybridized carbons (Fsp3) is 0.333. The molecule has 1 aliphatic heterocycles. The predicted molar refractivity (Wildman–Crippen MR) is 80.1 cm³/mol. The van der Waals surface area contributed by atoms with Crippen molar-refractivity contribution >= 4 is 22.9 Å². The number of hydrogen-bond acceptors (Lipinski definition) is 3. The van der Waals surface area contributed by atoms with Crippen LogP contribution >= 0.6 is 22.9 Å². The summed E-state index contributed by atoms with van der Waals surface area (Å²) < 4.78 is 7.02. The molecule has 2 heterocycles. The highest BCUT2D eigenvalue weighted by atomic mass is 35.5. The fourth-order valence-corrected chi connectivity index (χ4v) is 3.45. The number of benzene rings is 1. The van der Waals surface area contributed by atoms with Gasteiger partial charge in [-0.1, -0.05) is 36.7 Å². The van der Waals surface area contributed by atoms with Crippen molar-refractivity contribution in [2.75, 3.05) is 13.1 Å². The smallest absolute Gasteiger partial charge is 0.145 e. The number of fused-ring (bicyclic) bond motifs is 1. The van der Waals surface area contributed by atoms with Crippen molar-refractivity contribution in [3.05, 3.63) is 51.2 Å². The van der Waals surface area contributed by atoms with Crippen molar-refractivity contribution in [1.82, 2.24) is 4.90 Å². The Morgan fingerprint density at radius 3 is 2.89 bits per heavy atom. The molecule has 1 aromatic carbocycles. The van der Waals surface area contributed by atoms with Gasteiger partial charge in [0.2, 0.25) is 0 Å². The second kappa shape index (κ2) is 5.53. The summed E-state index contributed by atoms with van der Waals surface area (Å²) in [6.45, 7) is 5.06. The lowest BCUT2D eigenvalue weighted by Crippen LogP contribution is -2.27. The van der Waals surface area contributed by atoms with E-state index < -0.39 is 0 Å². The average Bonchev–Trinajstić information content (AvgIpc) is 2.75. The summed E-state index contributed by atoms with van der Waals surface area (Å²) in [6, 6.07) is 12.3. The van der Waals surface area contributed by atoms with Gasteiger partial charge in [-0.2, -0.15) is 0 Å². The molecule has 0 bridgehead atoms. The van der Waals surface area contributed by atoms with Crippen molar-refractivity contribution in [3.63, 3.8) is 0 Å². The van der Waals surface area contributed by atoms with Gasteiger partial charge < -0.3 is 4.74 Å². The second-order valence-electron chi connectivity index (χ2n) is 4.68. The molecule has 3 rings (SSSR count). The van der Waals surface area contributed by atoms with Crippen molar-refractivity contribution < 1.29 is 4.74 Å². The van der Waals surface area contributed by atoms with Crippen LogP contribution in [0.1, 0.15) is 23.5 Å². The molecule has 0 N–H and O–H groups in total. The van der Waals surface area contributed by atoms with Crippen LogP contribution < -0.4 is 4.74 Å². The molecule has 0 radical (unpaired) electrons. The summed E-state index contributed by atoms with van der Waals surface area (Å²) in [7, 11) is 0. The molecule has 2 aromatic rings. The lowest BCUT2D eigenvalue weighted by molar-refractivity contribution is 0.155. The Kier molecular flexibility index (Phi) is 3.78. The highest BCUT2D eigenvalue weighted by Crippen LogP contribution is 2.34. The number of rotatable bonds is 2. The van der Waals surface area contributed by atoms with Gasteiger partial charge in [-0.25, -0.2) is 0 Å². The van der Waals surface area contributed by atoms with Gasteiger partial charge in [-0.05, 0) is 24.7 Å².